The van der Waals surface area contributed by atoms with Gasteiger partial charge in [-0.25, -0.2) is 4.79 Å². The van der Waals surface area contributed by atoms with Crippen LogP contribution < -0.4 is 9.47 Å². The number of hydrogen-bond donors (Lipinski definition) is 0. The molecule has 0 radical (unpaired) electrons. The molecule has 1 atom stereocenters. The molecule has 7 nitrogen and oxygen atoms in total. The van der Waals surface area contributed by atoms with E-state index >= 15 is 0 Å². The molecule has 1 aliphatic rings. The number of morpholine rings is 1. The summed E-state index contributed by atoms with van der Waals surface area (Å²) in [6.45, 7) is 3.44. The molecule has 1 heterocycles. The maximum atomic E-state index is 13.0. The molecule has 1 amide bonds. The number of ether oxygens (including phenoxy) is 4. The van der Waals surface area contributed by atoms with E-state index < -0.39 is 12.1 Å². The Hall–Kier alpha value is -3.32. The van der Waals surface area contributed by atoms with E-state index in [1.165, 1.54) is 7.11 Å². The van der Waals surface area contributed by atoms with E-state index in [4.69, 9.17) is 18.9 Å². The first-order valence-corrected chi connectivity index (χ1v) is 10.2. The van der Waals surface area contributed by atoms with Gasteiger partial charge in [-0.1, -0.05) is 48.6 Å². The highest BCUT2D eigenvalue weighted by Gasteiger charge is 2.30. The quantitative estimate of drug-likeness (QED) is 0.605. The summed E-state index contributed by atoms with van der Waals surface area (Å²) in [5.41, 5.74) is 1.56. The molecule has 0 bridgehead atoms. The van der Waals surface area contributed by atoms with Crippen LogP contribution in [0.1, 0.15) is 24.2 Å². The van der Waals surface area contributed by atoms with E-state index in [1.807, 2.05) is 37.3 Å². The lowest BCUT2D eigenvalue weighted by Gasteiger charge is -2.30. The number of benzene rings is 2. The van der Waals surface area contributed by atoms with E-state index in [0.717, 1.165) is 5.56 Å². The van der Waals surface area contributed by atoms with Crippen LogP contribution in [0, 0.1) is 0 Å². The van der Waals surface area contributed by atoms with Gasteiger partial charge in [-0.15, -0.1) is 0 Å². The van der Waals surface area contributed by atoms with Crippen molar-refractivity contribution in [2.45, 2.75) is 13.0 Å². The zero-order valence-electron chi connectivity index (χ0n) is 17.8. The van der Waals surface area contributed by atoms with Crippen molar-refractivity contribution in [2.75, 3.05) is 40.0 Å². The van der Waals surface area contributed by atoms with Crippen LogP contribution in [-0.2, 0) is 19.1 Å². The Morgan fingerprint density at radius 1 is 1.10 bits per heavy atom. The second kappa shape index (κ2) is 11.2. The SMILES string of the molecule is C/C=C/c1ccc(OCC(=O)O[C@@H](C(=O)N2CCOCC2)c2ccccc2)c(OC)c1. The fourth-order valence-corrected chi connectivity index (χ4v) is 3.24. The van der Waals surface area contributed by atoms with Gasteiger partial charge in [-0.2, -0.15) is 0 Å². The second-order valence-electron chi connectivity index (χ2n) is 6.92. The van der Waals surface area contributed by atoms with E-state index in [0.29, 0.717) is 43.4 Å². The van der Waals surface area contributed by atoms with Crippen LogP contribution in [0.2, 0.25) is 0 Å². The van der Waals surface area contributed by atoms with Crippen molar-refractivity contribution in [3.8, 4) is 11.5 Å². The number of esters is 1. The van der Waals surface area contributed by atoms with Crippen LogP contribution in [0.4, 0.5) is 0 Å². The summed E-state index contributed by atoms with van der Waals surface area (Å²) in [4.78, 5) is 27.2. The van der Waals surface area contributed by atoms with E-state index in [2.05, 4.69) is 0 Å². The lowest BCUT2D eigenvalue weighted by molar-refractivity contribution is -0.164. The van der Waals surface area contributed by atoms with Gasteiger partial charge in [0.25, 0.3) is 5.91 Å². The van der Waals surface area contributed by atoms with Crippen LogP contribution in [0.3, 0.4) is 0 Å². The number of amides is 1. The van der Waals surface area contributed by atoms with E-state index in [9.17, 15) is 9.59 Å². The minimum Gasteiger partial charge on any atom is -0.493 e. The normalized spacial score (nSPS) is 14.8. The van der Waals surface area contributed by atoms with Gasteiger partial charge < -0.3 is 23.8 Å². The molecular weight excluding hydrogens is 398 g/mol. The van der Waals surface area contributed by atoms with Crippen LogP contribution in [-0.4, -0.2) is 56.8 Å². The maximum absolute atomic E-state index is 13.0. The van der Waals surface area contributed by atoms with Crippen molar-refractivity contribution in [1.29, 1.82) is 0 Å². The largest absolute Gasteiger partial charge is 0.493 e. The molecule has 2 aromatic rings. The van der Waals surface area contributed by atoms with E-state index in [-0.39, 0.29) is 12.5 Å². The maximum Gasteiger partial charge on any atom is 0.345 e. The van der Waals surface area contributed by atoms with Crippen molar-refractivity contribution in [1.82, 2.24) is 4.90 Å². The zero-order chi connectivity index (χ0) is 22.1. The van der Waals surface area contributed by atoms with Gasteiger partial charge in [0.1, 0.15) is 0 Å². The Labute approximate surface area is 182 Å². The van der Waals surface area contributed by atoms with Crippen molar-refractivity contribution >= 4 is 18.0 Å². The van der Waals surface area contributed by atoms with Crippen LogP contribution in [0.25, 0.3) is 6.08 Å². The van der Waals surface area contributed by atoms with Gasteiger partial charge in [0.05, 0.1) is 20.3 Å². The lowest BCUT2D eigenvalue weighted by Crippen LogP contribution is -2.44. The average Bonchev–Trinajstić information content (AvgIpc) is 2.82. The summed E-state index contributed by atoms with van der Waals surface area (Å²) >= 11 is 0. The van der Waals surface area contributed by atoms with Crippen molar-refractivity contribution in [3.63, 3.8) is 0 Å². The molecule has 1 aliphatic heterocycles. The highest BCUT2D eigenvalue weighted by molar-refractivity contribution is 5.85. The predicted molar refractivity (Wildman–Crippen MR) is 116 cm³/mol. The smallest absolute Gasteiger partial charge is 0.345 e. The molecule has 1 saturated heterocycles. The Bertz CT molecular complexity index is 906. The van der Waals surface area contributed by atoms with Gasteiger partial charge in [0, 0.05) is 18.7 Å². The number of rotatable bonds is 8. The van der Waals surface area contributed by atoms with Crippen molar-refractivity contribution in [3.05, 3.63) is 65.7 Å². The third-order valence-electron chi connectivity index (χ3n) is 4.79. The molecule has 3 rings (SSSR count). The van der Waals surface area contributed by atoms with Gasteiger partial charge in [-0.3, -0.25) is 4.79 Å². The number of nitrogens with zero attached hydrogens (tertiary/aromatic N) is 1. The minimum atomic E-state index is -1.03. The summed E-state index contributed by atoms with van der Waals surface area (Å²) in [5.74, 6) is 0.0158. The Morgan fingerprint density at radius 3 is 2.52 bits per heavy atom. The fourth-order valence-electron chi connectivity index (χ4n) is 3.24. The van der Waals surface area contributed by atoms with Gasteiger partial charge >= 0.3 is 5.97 Å². The number of allylic oxidation sites excluding steroid dienone is 1. The molecule has 7 heteroatoms. The Kier molecular flexibility index (Phi) is 8.06. The third kappa shape index (κ3) is 6.08. The second-order valence-corrected chi connectivity index (χ2v) is 6.92. The first-order chi connectivity index (χ1) is 15.1. The van der Waals surface area contributed by atoms with Gasteiger partial charge in [0.2, 0.25) is 6.10 Å². The summed E-state index contributed by atoms with van der Waals surface area (Å²) in [6, 6.07) is 14.4. The first-order valence-electron chi connectivity index (χ1n) is 10.2. The highest BCUT2D eigenvalue weighted by atomic mass is 16.6. The summed E-state index contributed by atoms with van der Waals surface area (Å²) < 4.78 is 21.8. The highest BCUT2D eigenvalue weighted by Crippen LogP contribution is 2.29. The monoisotopic (exact) mass is 425 g/mol. The van der Waals surface area contributed by atoms with Gasteiger partial charge in [0.15, 0.2) is 18.1 Å². The standard InChI is InChI=1S/C24H27NO6/c1-3-7-18-10-11-20(21(16-18)28-2)30-17-22(26)31-23(19-8-5-4-6-9-19)24(27)25-12-14-29-15-13-25/h3-11,16,23H,12-15,17H2,1-2H3/b7-3+/t23-/m1/s1. The fraction of sp³-hybridized carbons (Fsp3) is 0.333. The lowest BCUT2D eigenvalue weighted by atomic mass is 10.1. The molecule has 164 valence electrons. The summed E-state index contributed by atoms with van der Waals surface area (Å²) in [5, 5.41) is 0. The van der Waals surface area contributed by atoms with Gasteiger partial charge in [-0.05, 0) is 24.6 Å². The number of hydrogen-bond acceptors (Lipinski definition) is 6. The Morgan fingerprint density at radius 2 is 1.84 bits per heavy atom. The number of methoxy groups -OCH3 is 1. The van der Waals surface area contributed by atoms with E-state index in [1.54, 1.807) is 35.2 Å². The first kappa shape index (κ1) is 22.4. The van der Waals surface area contributed by atoms with Crippen LogP contribution >= 0.6 is 0 Å². The molecule has 0 aromatic heterocycles. The third-order valence-corrected chi connectivity index (χ3v) is 4.79. The predicted octanol–water partition coefficient (Wildman–Crippen LogP) is 3.25. The molecule has 0 spiro atoms. The average molecular weight is 425 g/mol. The molecule has 0 saturated carbocycles. The zero-order valence-corrected chi connectivity index (χ0v) is 17.8. The van der Waals surface area contributed by atoms with Crippen molar-refractivity contribution in [2.24, 2.45) is 0 Å². The molecule has 1 fully saturated rings. The van der Waals surface area contributed by atoms with Crippen LogP contribution in [0.15, 0.2) is 54.6 Å². The molecule has 0 N–H and O–H groups in total. The van der Waals surface area contributed by atoms with Crippen LogP contribution in [0.5, 0.6) is 11.5 Å². The summed E-state index contributed by atoms with van der Waals surface area (Å²) in [6.07, 6.45) is 2.82. The Balaban J connectivity index is 1.68. The topological polar surface area (TPSA) is 74.3 Å². The molecule has 31 heavy (non-hydrogen) atoms. The number of carbonyl (C=O) groups is 2. The molecule has 2 aromatic carbocycles. The molecule has 0 aliphatic carbocycles. The molecule has 0 unspecified atom stereocenters. The summed E-state index contributed by atoms with van der Waals surface area (Å²) in [7, 11) is 1.53. The number of carbonyl (C=O) groups excluding carboxylic acids is 2. The minimum absolute atomic E-state index is 0.267. The van der Waals surface area contributed by atoms with Crippen molar-refractivity contribution < 1.29 is 28.5 Å². The molecular formula is C24H27NO6.